The van der Waals surface area contributed by atoms with Crippen molar-refractivity contribution in [2.45, 2.75) is 44.9 Å². The molecule has 3 aromatic rings. The number of hydrogen-bond donors (Lipinski definition) is 1. The molecule has 2 atom stereocenters. The van der Waals surface area contributed by atoms with E-state index in [-0.39, 0.29) is 6.04 Å². The van der Waals surface area contributed by atoms with Crippen LogP contribution in [0.15, 0.2) is 36.7 Å². The molecule has 0 amide bonds. The second-order valence-corrected chi connectivity index (χ2v) is 9.70. The highest BCUT2D eigenvalue weighted by Gasteiger charge is 2.43. The number of piperidine rings is 1. The molecular weight excluding hydrogens is 457 g/mol. The van der Waals surface area contributed by atoms with E-state index in [2.05, 4.69) is 20.2 Å². The van der Waals surface area contributed by atoms with Crippen LogP contribution in [0.3, 0.4) is 0 Å². The lowest BCUT2D eigenvalue weighted by Crippen LogP contribution is -2.48. The van der Waals surface area contributed by atoms with Gasteiger partial charge in [-0.2, -0.15) is 18.2 Å². The van der Waals surface area contributed by atoms with Crippen LogP contribution in [0.4, 0.5) is 36.6 Å². The molecule has 184 valence electrons. The van der Waals surface area contributed by atoms with Gasteiger partial charge < -0.3 is 15.1 Å². The highest BCUT2D eigenvalue weighted by molar-refractivity contribution is 5.60. The maximum atomic E-state index is 13.0. The van der Waals surface area contributed by atoms with E-state index in [9.17, 15) is 13.2 Å². The molecule has 0 radical (unpaired) electrons. The van der Waals surface area contributed by atoms with Crippen molar-refractivity contribution in [2.75, 3.05) is 34.8 Å². The van der Waals surface area contributed by atoms with Crippen LogP contribution in [-0.2, 0) is 12.7 Å². The Kier molecular flexibility index (Phi) is 5.30. The standard InChI is InChI=1S/C24H27F3N8/c1-15-11-20(29-14-28-15)33-12-16-3-4-17(13-33)21(16)30-22-31-23-34(9-2-10-35(23)32-22)19-7-5-18(6-8-19)24(25,26)27/h5-8,11,14,16-17,21H,2-4,9-10,12-13H2,1H3,(H,30,32)/t16-,17-/m1/s1. The molecule has 1 aromatic carbocycles. The summed E-state index contributed by atoms with van der Waals surface area (Å²) in [6.07, 6.45) is 0.415. The Morgan fingerprint density at radius 3 is 2.43 bits per heavy atom. The van der Waals surface area contributed by atoms with Gasteiger partial charge in [-0.1, -0.05) is 0 Å². The Balaban J connectivity index is 1.19. The van der Waals surface area contributed by atoms with Crippen LogP contribution in [-0.4, -0.2) is 50.4 Å². The quantitative estimate of drug-likeness (QED) is 0.593. The first-order valence-electron chi connectivity index (χ1n) is 12.0. The van der Waals surface area contributed by atoms with Gasteiger partial charge in [0, 0.05) is 49.7 Å². The molecular formula is C24H27F3N8. The summed E-state index contributed by atoms with van der Waals surface area (Å²) in [6.45, 7) is 5.25. The maximum absolute atomic E-state index is 13.0. The SMILES string of the molecule is Cc1cc(N2C[C@H]3CC[C@H](C2)C3Nc2nc3n(n2)CCCN3c2ccc(C(F)(F)F)cc2)ncn1. The number of aromatic nitrogens is 5. The van der Waals surface area contributed by atoms with Gasteiger partial charge in [0.05, 0.1) is 5.56 Å². The fourth-order valence-corrected chi connectivity index (χ4v) is 5.71. The summed E-state index contributed by atoms with van der Waals surface area (Å²) in [7, 11) is 0. The molecule has 35 heavy (non-hydrogen) atoms. The molecule has 1 aliphatic carbocycles. The fourth-order valence-electron chi connectivity index (χ4n) is 5.71. The average molecular weight is 485 g/mol. The van der Waals surface area contributed by atoms with Gasteiger partial charge in [-0.05, 0) is 62.3 Å². The molecule has 11 heteroatoms. The lowest BCUT2D eigenvalue weighted by molar-refractivity contribution is -0.137. The van der Waals surface area contributed by atoms with Crippen LogP contribution in [0.25, 0.3) is 0 Å². The number of anilines is 4. The number of fused-ring (bicyclic) bond motifs is 3. The number of halogens is 3. The third kappa shape index (κ3) is 4.17. The molecule has 0 unspecified atom stereocenters. The Morgan fingerprint density at radius 2 is 1.74 bits per heavy atom. The van der Waals surface area contributed by atoms with Crippen LogP contribution in [0.5, 0.6) is 0 Å². The number of nitrogens with one attached hydrogen (secondary N) is 1. The molecule has 2 aromatic heterocycles. The summed E-state index contributed by atoms with van der Waals surface area (Å²) in [5, 5.41) is 8.31. The molecule has 8 nitrogen and oxygen atoms in total. The smallest absolute Gasteiger partial charge is 0.356 e. The predicted octanol–water partition coefficient (Wildman–Crippen LogP) is 4.26. The number of alkyl halides is 3. The van der Waals surface area contributed by atoms with Crippen molar-refractivity contribution in [3.63, 3.8) is 0 Å². The topological polar surface area (TPSA) is 75.0 Å². The van der Waals surface area contributed by atoms with E-state index in [0.717, 1.165) is 62.5 Å². The highest BCUT2D eigenvalue weighted by atomic mass is 19.4. The van der Waals surface area contributed by atoms with Gasteiger partial charge in [0.2, 0.25) is 11.9 Å². The fraction of sp³-hybridized carbons (Fsp3) is 0.500. The van der Waals surface area contributed by atoms with E-state index >= 15 is 0 Å². The third-order valence-corrected chi connectivity index (χ3v) is 7.39. The number of benzene rings is 1. The van der Waals surface area contributed by atoms with Gasteiger partial charge in [0.25, 0.3) is 0 Å². The molecule has 1 saturated heterocycles. The number of nitrogens with zero attached hydrogens (tertiary/aromatic N) is 7. The summed E-state index contributed by atoms with van der Waals surface area (Å²) < 4.78 is 40.8. The lowest BCUT2D eigenvalue weighted by atomic mass is 9.92. The third-order valence-electron chi connectivity index (χ3n) is 7.39. The van der Waals surface area contributed by atoms with Gasteiger partial charge in [0.15, 0.2) is 0 Å². The first kappa shape index (κ1) is 22.1. The zero-order chi connectivity index (χ0) is 24.2. The summed E-state index contributed by atoms with van der Waals surface area (Å²) in [5.74, 6) is 3.17. The van der Waals surface area contributed by atoms with E-state index in [0.29, 0.717) is 36.0 Å². The molecule has 4 heterocycles. The minimum Gasteiger partial charge on any atom is -0.356 e. The Labute approximate surface area is 201 Å². The normalized spacial score (nSPS) is 23.9. The van der Waals surface area contributed by atoms with Crippen LogP contribution in [0.2, 0.25) is 0 Å². The van der Waals surface area contributed by atoms with Gasteiger partial charge in [-0.3, -0.25) is 0 Å². The van der Waals surface area contributed by atoms with Crippen molar-refractivity contribution in [3.8, 4) is 0 Å². The van der Waals surface area contributed by atoms with Crippen LogP contribution < -0.4 is 15.1 Å². The van der Waals surface area contributed by atoms with Crippen molar-refractivity contribution in [3.05, 3.63) is 47.9 Å². The Hall–Kier alpha value is -3.37. The summed E-state index contributed by atoms with van der Waals surface area (Å²) in [4.78, 5) is 17.7. The van der Waals surface area contributed by atoms with E-state index in [1.54, 1.807) is 6.33 Å². The number of hydrogen-bond acceptors (Lipinski definition) is 7. The highest BCUT2D eigenvalue weighted by Crippen LogP contribution is 2.40. The van der Waals surface area contributed by atoms with Crippen LogP contribution >= 0.6 is 0 Å². The molecule has 1 saturated carbocycles. The van der Waals surface area contributed by atoms with E-state index in [1.165, 1.54) is 12.1 Å². The van der Waals surface area contributed by atoms with Crippen molar-refractivity contribution in [1.82, 2.24) is 24.7 Å². The van der Waals surface area contributed by atoms with Gasteiger partial charge in [0.1, 0.15) is 12.1 Å². The summed E-state index contributed by atoms with van der Waals surface area (Å²) in [6, 6.07) is 7.57. The Bertz CT molecular complexity index is 1190. The van der Waals surface area contributed by atoms with E-state index < -0.39 is 11.7 Å². The molecule has 2 bridgehead atoms. The largest absolute Gasteiger partial charge is 0.416 e. The van der Waals surface area contributed by atoms with Crippen LogP contribution in [0, 0.1) is 18.8 Å². The Morgan fingerprint density at radius 1 is 1.00 bits per heavy atom. The van der Waals surface area contributed by atoms with Crippen molar-refractivity contribution in [2.24, 2.45) is 11.8 Å². The summed E-state index contributed by atoms with van der Waals surface area (Å²) >= 11 is 0. The summed E-state index contributed by atoms with van der Waals surface area (Å²) in [5.41, 5.74) is 1.00. The predicted molar refractivity (Wildman–Crippen MR) is 126 cm³/mol. The molecule has 2 fully saturated rings. The average Bonchev–Trinajstić information content (AvgIpc) is 3.34. The maximum Gasteiger partial charge on any atom is 0.416 e. The lowest BCUT2D eigenvalue weighted by Gasteiger charge is -2.38. The number of aryl methyl sites for hydroxylation is 2. The first-order valence-corrected chi connectivity index (χ1v) is 12.0. The first-order chi connectivity index (χ1) is 16.8. The van der Waals surface area contributed by atoms with Gasteiger partial charge >= 0.3 is 6.18 Å². The zero-order valence-electron chi connectivity index (χ0n) is 19.4. The monoisotopic (exact) mass is 484 g/mol. The molecule has 2 aliphatic heterocycles. The molecule has 3 aliphatic rings. The van der Waals surface area contributed by atoms with Crippen molar-refractivity contribution >= 4 is 23.4 Å². The van der Waals surface area contributed by atoms with Gasteiger partial charge in [-0.25, -0.2) is 14.6 Å². The van der Waals surface area contributed by atoms with Crippen LogP contribution in [0.1, 0.15) is 30.5 Å². The van der Waals surface area contributed by atoms with Gasteiger partial charge in [-0.15, -0.1) is 5.10 Å². The molecule has 0 spiro atoms. The van der Waals surface area contributed by atoms with E-state index in [4.69, 9.17) is 10.1 Å². The van der Waals surface area contributed by atoms with Crippen molar-refractivity contribution in [1.29, 1.82) is 0 Å². The van der Waals surface area contributed by atoms with E-state index in [1.807, 2.05) is 22.6 Å². The van der Waals surface area contributed by atoms with Crippen molar-refractivity contribution < 1.29 is 13.2 Å². The molecule has 6 rings (SSSR count). The number of rotatable bonds is 4. The zero-order valence-corrected chi connectivity index (χ0v) is 19.4. The minimum atomic E-state index is -4.35. The second-order valence-electron chi connectivity index (χ2n) is 9.70. The molecule has 1 N–H and O–H groups in total. The minimum absolute atomic E-state index is 0.290. The second kappa shape index (κ2) is 8.39.